The van der Waals surface area contributed by atoms with E-state index in [1.807, 2.05) is 43.1 Å². The molecular weight excluding hydrogens is 402 g/mol. The molecule has 9 nitrogen and oxygen atoms in total. The average Bonchev–Trinajstić information content (AvgIpc) is 2.71. The number of ether oxygens (including phenoxy) is 2. The average molecular weight is 423 g/mol. The highest BCUT2D eigenvalue weighted by atomic mass is 16.6. The van der Waals surface area contributed by atoms with Crippen LogP contribution in [-0.2, 0) is 6.61 Å². The van der Waals surface area contributed by atoms with E-state index in [0.29, 0.717) is 30.3 Å². The van der Waals surface area contributed by atoms with E-state index < -0.39 is 21.9 Å². The number of benzene rings is 2. The van der Waals surface area contributed by atoms with Crippen molar-refractivity contribution in [3.63, 3.8) is 0 Å². The van der Waals surface area contributed by atoms with Crippen LogP contribution >= 0.6 is 0 Å². The number of hydrogen-bond acceptors (Lipinski definition) is 6. The molecule has 9 heteroatoms. The number of hydrogen-bond donors (Lipinski definition) is 2. The molecule has 0 radical (unpaired) electrons. The van der Waals surface area contributed by atoms with E-state index in [4.69, 9.17) is 9.47 Å². The standard InChI is InChI=1S/C22H21N3O6/c1-3-30-19-12-15(7-9-17-20(25(28)29)21(26)24-22(27)23-17)8-10-18(19)31-13-16-6-4-5-14(2)11-16/h4-12H,3,13H2,1-2H3,(H2,23,24,26,27)/b9-7+. The van der Waals surface area contributed by atoms with Crippen LogP contribution in [0.3, 0.4) is 0 Å². The third-order valence-electron chi connectivity index (χ3n) is 4.31. The fraction of sp³-hybridized carbons (Fsp3) is 0.182. The Kier molecular flexibility index (Phi) is 6.66. The number of nitrogens with zero attached hydrogens (tertiary/aromatic N) is 1. The van der Waals surface area contributed by atoms with Crippen molar-refractivity contribution in [1.82, 2.24) is 9.97 Å². The second-order valence-electron chi connectivity index (χ2n) is 6.68. The maximum Gasteiger partial charge on any atom is 0.357 e. The van der Waals surface area contributed by atoms with Crippen molar-refractivity contribution in [2.45, 2.75) is 20.5 Å². The first-order chi connectivity index (χ1) is 14.9. The van der Waals surface area contributed by atoms with Gasteiger partial charge < -0.3 is 14.5 Å². The molecule has 0 aliphatic heterocycles. The fourth-order valence-corrected chi connectivity index (χ4v) is 2.96. The third-order valence-corrected chi connectivity index (χ3v) is 4.31. The summed E-state index contributed by atoms with van der Waals surface area (Å²) in [5.41, 5.74) is -0.0267. The van der Waals surface area contributed by atoms with Crippen molar-refractivity contribution in [3.05, 3.63) is 95.8 Å². The summed E-state index contributed by atoms with van der Waals surface area (Å²) in [7, 11) is 0. The zero-order valence-electron chi connectivity index (χ0n) is 17.0. The number of rotatable bonds is 8. The molecule has 3 aromatic rings. The van der Waals surface area contributed by atoms with Crippen LogP contribution < -0.4 is 20.7 Å². The number of aromatic amines is 2. The van der Waals surface area contributed by atoms with Gasteiger partial charge in [-0.05, 0) is 43.2 Å². The number of H-pyrrole nitrogens is 2. The molecule has 160 valence electrons. The van der Waals surface area contributed by atoms with E-state index in [1.54, 1.807) is 18.2 Å². The Labute approximate surface area is 177 Å². The highest BCUT2D eigenvalue weighted by Crippen LogP contribution is 2.30. The number of nitro groups is 1. The lowest BCUT2D eigenvalue weighted by Crippen LogP contribution is -2.25. The van der Waals surface area contributed by atoms with Crippen molar-refractivity contribution in [2.75, 3.05) is 6.61 Å². The van der Waals surface area contributed by atoms with Gasteiger partial charge in [0.25, 0.3) is 0 Å². The Morgan fingerprint density at radius 3 is 2.55 bits per heavy atom. The summed E-state index contributed by atoms with van der Waals surface area (Å²) < 4.78 is 11.6. The van der Waals surface area contributed by atoms with Crippen LogP contribution in [0.2, 0.25) is 0 Å². The molecule has 2 aromatic carbocycles. The van der Waals surface area contributed by atoms with Gasteiger partial charge in [0.15, 0.2) is 11.5 Å². The van der Waals surface area contributed by atoms with E-state index in [1.165, 1.54) is 12.2 Å². The van der Waals surface area contributed by atoms with Crippen LogP contribution in [0.25, 0.3) is 12.2 Å². The normalized spacial score (nSPS) is 10.9. The summed E-state index contributed by atoms with van der Waals surface area (Å²) in [6.45, 7) is 4.64. The second kappa shape index (κ2) is 9.57. The minimum atomic E-state index is -1.07. The van der Waals surface area contributed by atoms with Crippen molar-refractivity contribution >= 4 is 17.8 Å². The molecule has 0 amide bonds. The summed E-state index contributed by atoms with van der Waals surface area (Å²) in [5, 5.41) is 11.2. The van der Waals surface area contributed by atoms with Crippen LogP contribution in [0.4, 0.5) is 5.69 Å². The number of nitrogens with one attached hydrogen (secondary N) is 2. The number of aromatic nitrogens is 2. The maximum absolute atomic E-state index is 11.7. The van der Waals surface area contributed by atoms with Crippen molar-refractivity contribution in [3.8, 4) is 11.5 Å². The zero-order chi connectivity index (χ0) is 22.4. The van der Waals surface area contributed by atoms with Gasteiger partial charge in [-0.25, -0.2) is 4.79 Å². The highest BCUT2D eigenvalue weighted by Gasteiger charge is 2.18. The van der Waals surface area contributed by atoms with Gasteiger partial charge in [-0.2, -0.15) is 0 Å². The molecule has 0 aliphatic carbocycles. The first-order valence-electron chi connectivity index (χ1n) is 9.51. The van der Waals surface area contributed by atoms with E-state index in [9.17, 15) is 19.7 Å². The molecule has 0 saturated carbocycles. The minimum Gasteiger partial charge on any atom is -0.490 e. The molecule has 3 rings (SSSR count). The Morgan fingerprint density at radius 2 is 1.84 bits per heavy atom. The summed E-state index contributed by atoms with van der Waals surface area (Å²) in [6.07, 6.45) is 2.83. The minimum absolute atomic E-state index is 0.198. The van der Waals surface area contributed by atoms with E-state index >= 15 is 0 Å². The van der Waals surface area contributed by atoms with Gasteiger partial charge in [0.1, 0.15) is 12.3 Å². The van der Waals surface area contributed by atoms with Crippen molar-refractivity contribution < 1.29 is 14.4 Å². The molecule has 1 heterocycles. The quantitative estimate of drug-likeness (QED) is 0.422. The lowest BCUT2D eigenvalue weighted by molar-refractivity contribution is -0.386. The smallest absolute Gasteiger partial charge is 0.357 e. The summed E-state index contributed by atoms with van der Waals surface area (Å²) in [5.74, 6) is 1.06. The van der Waals surface area contributed by atoms with Gasteiger partial charge in [-0.1, -0.05) is 42.0 Å². The van der Waals surface area contributed by atoms with Gasteiger partial charge in [-0.15, -0.1) is 0 Å². The maximum atomic E-state index is 11.7. The largest absolute Gasteiger partial charge is 0.490 e. The molecule has 0 fully saturated rings. The molecule has 0 aliphatic rings. The van der Waals surface area contributed by atoms with Crippen molar-refractivity contribution in [2.24, 2.45) is 0 Å². The molecule has 0 saturated heterocycles. The predicted molar refractivity (Wildman–Crippen MR) is 116 cm³/mol. The van der Waals surface area contributed by atoms with Gasteiger partial charge in [0.2, 0.25) is 0 Å². The molecule has 0 unspecified atom stereocenters. The number of aryl methyl sites for hydroxylation is 1. The monoisotopic (exact) mass is 423 g/mol. The predicted octanol–water partition coefficient (Wildman–Crippen LogP) is 3.43. The topological polar surface area (TPSA) is 127 Å². The van der Waals surface area contributed by atoms with E-state index in [-0.39, 0.29) is 5.69 Å². The highest BCUT2D eigenvalue weighted by molar-refractivity contribution is 5.72. The van der Waals surface area contributed by atoms with Crippen LogP contribution in [0.5, 0.6) is 11.5 Å². The Bertz CT molecular complexity index is 1240. The zero-order valence-corrected chi connectivity index (χ0v) is 17.0. The summed E-state index contributed by atoms with van der Waals surface area (Å²) in [4.78, 5) is 37.6. The molecule has 0 spiro atoms. The fourth-order valence-electron chi connectivity index (χ4n) is 2.96. The third kappa shape index (κ3) is 5.47. The second-order valence-corrected chi connectivity index (χ2v) is 6.68. The van der Waals surface area contributed by atoms with Crippen LogP contribution in [0.15, 0.2) is 52.1 Å². The lowest BCUT2D eigenvalue weighted by atomic mass is 10.1. The van der Waals surface area contributed by atoms with Gasteiger partial charge in [0, 0.05) is 0 Å². The summed E-state index contributed by atoms with van der Waals surface area (Å²) in [6, 6.07) is 13.2. The molecule has 0 bridgehead atoms. The van der Waals surface area contributed by atoms with Crippen LogP contribution in [0, 0.1) is 17.0 Å². The first kappa shape index (κ1) is 21.6. The Hall–Kier alpha value is -4.14. The molecule has 0 atom stereocenters. The molecule has 1 aromatic heterocycles. The van der Waals surface area contributed by atoms with Gasteiger partial charge in [0.05, 0.1) is 11.5 Å². The lowest BCUT2D eigenvalue weighted by Gasteiger charge is -2.13. The van der Waals surface area contributed by atoms with Crippen LogP contribution in [0.1, 0.15) is 29.3 Å². The SMILES string of the molecule is CCOc1cc(/C=C/c2[nH]c(=O)[nH]c(=O)c2[N+](=O)[O-])ccc1OCc1cccc(C)c1. The molecule has 2 N–H and O–H groups in total. The van der Waals surface area contributed by atoms with Crippen molar-refractivity contribution in [1.29, 1.82) is 0 Å². The Balaban J connectivity index is 1.86. The van der Waals surface area contributed by atoms with E-state index in [0.717, 1.165) is 11.1 Å². The first-order valence-corrected chi connectivity index (χ1v) is 9.51. The van der Waals surface area contributed by atoms with E-state index in [2.05, 4.69) is 4.98 Å². The van der Waals surface area contributed by atoms with Crippen LogP contribution in [-0.4, -0.2) is 21.5 Å². The molecular formula is C22H21N3O6. The molecule has 31 heavy (non-hydrogen) atoms. The van der Waals surface area contributed by atoms with Gasteiger partial charge >= 0.3 is 16.9 Å². The Morgan fingerprint density at radius 1 is 1.03 bits per heavy atom. The van der Waals surface area contributed by atoms with Gasteiger partial charge in [-0.3, -0.25) is 19.9 Å². The summed E-state index contributed by atoms with van der Waals surface area (Å²) >= 11 is 0.